The van der Waals surface area contributed by atoms with Gasteiger partial charge in [-0.15, -0.1) is 0 Å². The largest absolute Gasteiger partial charge is 0.497 e. The first-order valence-corrected chi connectivity index (χ1v) is 9.33. The molecule has 2 heterocycles. The second kappa shape index (κ2) is 7.90. The van der Waals surface area contributed by atoms with Crippen molar-refractivity contribution < 1.29 is 14.1 Å². The first-order chi connectivity index (χ1) is 13.6. The van der Waals surface area contributed by atoms with E-state index in [4.69, 9.17) is 20.9 Å². The Balaban J connectivity index is 1.49. The third-order valence-electron chi connectivity index (χ3n) is 4.66. The molecule has 4 rings (SSSR count). The molecule has 3 aromatic rings. The van der Waals surface area contributed by atoms with Crippen molar-refractivity contribution in [3.05, 3.63) is 59.4 Å². The number of hydrogen-bond donors (Lipinski definition) is 1. The monoisotopic (exact) mass is 398 g/mol. The van der Waals surface area contributed by atoms with Gasteiger partial charge in [-0.1, -0.05) is 28.9 Å². The molecular weight excluding hydrogens is 380 g/mol. The van der Waals surface area contributed by atoms with Crippen molar-refractivity contribution in [2.75, 3.05) is 19.0 Å². The molecule has 1 saturated heterocycles. The molecule has 28 heavy (non-hydrogen) atoms. The molecule has 1 aliphatic rings. The summed E-state index contributed by atoms with van der Waals surface area (Å²) in [5, 5.41) is 7.56. The van der Waals surface area contributed by atoms with Crippen LogP contribution in [-0.4, -0.2) is 34.7 Å². The van der Waals surface area contributed by atoms with E-state index < -0.39 is 0 Å². The SMILES string of the molecule is COc1ccc(NC(=O)N2CCC[C@@H]2c2nc(-c3cccc(Cl)c3)no2)cc1. The van der Waals surface area contributed by atoms with Crippen molar-refractivity contribution >= 4 is 23.3 Å². The first-order valence-electron chi connectivity index (χ1n) is 8.95. The van der Waals surface area contributed by atoms with Crippen LogP contribution in [0.25, 0.3) is 11.4 Å². The molecule has 0 saturated carbocycles. The quantitative estimate of drug-likeness (QED) is 0.684. The average Bonchev–Trinajstić information content (AvgIpc) is 3.38. The number of amides is 2. The molecule has 0 radical (unpaired) electrons. The standard InChI is InChI=1S/C20H19ClN4O3/c1-27-16-9-7-15(8-10-16)22-20(26)25-11-3-6-17(25)19-23-18(24-28-19)13-4-2-5-14(21)12-13/h2,4-5,7-10,12,17H,3,6,11H2,1H3,(H,22,26)/t17-/m1/s1. The van der Waals surface area contributed by atoms with Crippen LogP contribution in [0, 0.1) is 0 Å². The van der Waals surface area contributed by atoms with Crippen LogP contribution < -0.4 is 10.1 Å². The highest BCUT2D eigenvalue weighted by molar-refractivity contribution is 6.30. The average molecular weight is 399 g/mol. The van der Waals surface area contributed by atoms with E-state index in [0.29, 0.717) is 29.0 Å². The summed E-state index contributed by atoms with van der Waals surface area (Å²) in [6.45, 7) is 0.627. The second-order valence-corrected chi connectivity index (χ2v) is 6.91. The van der Waals surface area contributed by atoms with E-state index in [-0.39, 0.29) is 12.1 Å². The van der Waals surface area contributed by atoms with E-state index in [1.807, 2.05) is 12.1 Å². The molecule has 1 N–H and O–H groups in total. The number of aromatic nitrogens is 2. The summed E-state index contributed by atoms with van der Waals surface area (Å²) in [5.74, 6) is 1.62. The molecule has 2 aromatic carbocycles. The Morgan fingerprint density at radius 1 is 1.29 bits per heavy atom. The lowest BCUT2D eigenvalue weighted by molar-refractivity contribution is 0.193. The molecule has 8 heteroatoms. The lowest BCUT2D eigenvalue weighted by Crippen LogP contribution is -2.34. The first kappa shape index (κ1) is 18.3. The normalized spacial score (nSPS) is 16.2. The summed E-state index contributed by atoms with van der Waals surface area (Å²) in [6, 6.07) is 14.0. The highest BCUT2D eigenvalue weighted by Crippen LogP contribution is 2.33. The van der Waals surface area contributed by atoms with Crippen LogP contribution in [0.2, 0.25) is 5.02 Å². The number of halogens is 1. The molecule has 1 aromatic heterocycles. The Labute approximate surface area is 167 Å². The number of urea groups is 1. The Kier molecular flexibility index (Phi) is 5.16. The Morgan fingerprint density at radius 3 is 2.86 bits per heavy atom. The van der Waals surface area contributed by atoms with Crippen molar-refractivity contribution in [1.82, 2.24) is 15.0 Å². The predicted molar refractivity (Wildman–Crippen MR) is 105 cm³/mol. The van der Waals surface area contributed by atoms with Crippen molar-refractivity contribution in [1.29, 1.82) is 0 Å². The second-order valence-electron chi connectivity index (χ2n) is 6.48. The van der Waals surface area contributed by atoms with Gasteiger partial charge in [0.2, 0.25) is 11.7 Å². The van der Waals surface area contributed by atoms with Gasteiger partial charge in [0.1, 0.15) is 11.8 Å². The lowest BCUT2D eigenvalue weighted by Gasteiger charge is -2.22. The maximum atomic E-state index is 12.8. The van der Waals surface area contributed by atoms with Crippen LogP contribution in [0.4, 0.5) is 10.5 Å². The Morgan fingerprint density at radius 2 is 2.11 bits per heavy atom. The number of benzene rings is 2. The molecule has 0 spiro atoms. The van der Waals surface area contributed by atoms with Gasteiger partial charge in [-0.2, -0.15) is 4.98 Å². The maximum Gasteiger partial charge on any atom is 0.322 e. The zero-order valence-corrected chi connectivity index (χ0v) is 16.0. The third-order valence-corrected chi connectivity index (χ3v) is 4.90. The minimum absolute atomic E-state index is 0.199. The zero-order chi connectivity index (χ0) is 19.5. The van der Waals surface area contributed by atoms with Gasteiger partial charge in [0.15, 0.2) is 0 Å². The smallest absolute Gasteiger partial charge is 0.322 e. The summed E-state index contributed by atoms with van der Waals surface area (Å²) in [4.78, 5) is 19.0. The molecule has 0 unspecified atom stereocenters. The summed E-state index contributed by atoms with van der Waals surface area (Å²) in [7, 11) is 1.60. The number of anilines is 1. The van der Waals surface area contributed by atoms with Crippen LogP contribution in [0.5, 0.6) is 5.75 Å². The Hall–Kier alpha value is -3.06. The molecule has 0 bridgehead atoms. The molecule has 1 aliphatic heterocycles. The minimum Gasteiger partial charge on any atom is -0.497 e. The number of carbonyl (C=O) groups is 1. The predicted octanol–water partition coefficient (Wildman–Crippen LogP) is 4.77. The maximum absolute atomic E-state index is 12.8. The number of likely N-dealkylation sites (tertiary alicyclic amines) is 1. The van der Waals surface area contributed by atoms with Crippen LogP contribution in [-0.2, 0) is 0 Å². The number of ether oxygens (including phenoxy) is 1. The number of methoxy groups -OCH3 is 1. The molecule has 0 aliphatic carbocycles. The van der Waals surface area contributed by atoms with Crippen molar-refractivity contribution in [2.45, 2.75) is 18.9 Å². The van der Waals surface area contributed by atoms with Gasteiger partial charge < -0.3 is 19.5 Å². The number of hydrogen-bond acceptors (Lipinski definition) is 5. The van der Waals surface area contributed by atoms with Gasteiger partial charge in [0, 0.05) is 22.8 Å². The molecule has 2 amide bonds. The van der Waals surface area contributed by atoms with Crippen molar-refractivity contribution in [3.63, 3.8) is 0 Å². The van der Waals surface area contributed by atoms with E-state index in [2.05, 4.69) is 15.5 Å². The summed E-state index contributed by atoms with van der Waals surface area (Å²) in [6.07, 6.45) is 1.64. The fourth-order valence-corrected chi connectivity index (χ4v) is 3.44. The Bertz CT molecular complexity index is 974. The summed E-state index contributed by atoms with van der Waals surface area (Å²) >= 11 is 6.03. The van der Waals surface area contributed by atoms with Crippen LogP contribution >= 0.6 is 11.6 Å². The van der Waals surface area contributed by atoms with E-state index in [1.54, 1.807) is 48.4 Å². The fourth-order valence-electron chi connectivity index (χ4n) is 3.25. The summed E-state index contributed by atoms with van der Waals surface area (Å²) in [5.41, 5.74) is 1.47. The van der Waals surface area contributed by atoms with E-state index in [1.165, 1.54) is 0 Å². The highest BCUT2D eigenvalue weighted by Gasteiger charge is 2.34. The van der Waals surface area contributed by atoms with Gasteiger partial charge >= 0.3 is 6.03 Å². The molecule has 1 atom stereocenters. The zero-order valence-electron chi connectivity index (χ0n) is 15.3. The molecule has 144 valence electrons. The van der Waals surface area contributed by atoms with Crippen LogP contribution in [0.1, 0.15) is 24.8 Å². The molecule has 7 nitrogen and oxygen atoms in total. The van der Waals surface area contributed by atoms with E-state index in [0.717, 1.165) is 24.2 Å². The van der Waals surface area contributed by atoms with Gasteiger partial charge in [-0.3, -0.25) is 0 Å². The van der Waals surface area contributed by atoms with Crippen LogP contribution in [0.3, 0.4) is 0 Å². The van der Waals surface area contributed by atoms with Crippen molar-refractivity contribution in [2.24, 2.45) is 0 Å². The topological polar surface area (TPSA) is 80.5 Å². The third kappa shape index (κ3) is 3.80. The molecular formula is C20H19ClN4O3. The molecule has 1 fully saturated rings. The van der Waals surface area contributed by atoms with Gasteiger partial charge in [0.25, 0.3) is 0 Å². The van der Waals surface area contributed by atoms with Gasteiger partial charge in [-0.05, 0) is 49.2 Å². The minimum atomic E-state index is -0.251. The van der Waals surface area contributed by atoms with Crippen molar-refractivity contribution in [3.8, 4) is 17.1 Å². The van der Waals surface area contributed by atoms with E-state index >= 15 is 0 Å². The van der Waals surface area contributed by atoms with Crippen LogP contribution in [0.15, 0.2) is 53.1 Å². The highest BCUT2D eigenvalue weighted by atomic mass is 35.5. The summed E-state index contributed by atoms with van der Waals surface area (Å²) < 4.78 is 10.6. The van der Waals surface area contributed by atoms with Gasteiger partial charge in [-0.25, -0.2) is 4.79 Å². The number of rotatable bonds is 4. The number of nitrogens with one attached hydrogen (secondary N) is 1. The van der Waals surface area contributed by atoms with Gasteiger partial charge in [0.05, 0.1) is 7.11 Å². The number of carbonyl (C=O) groups excluding carboxylic acids is 1. The number of nitrogens with zero attached hydrogens (tertiary/aromatic N) is 3. The fraction of sp³-hybridized carbons (Fsp3) is 0.250. The van der Waals surface area contributed by atoms with E-state index in [9.17, 15) is 4.79 Å². The lowest BCUT2D eigenvalue weighted by atomic mass is 10.2.